The van der Waals surface area contributed by atoms with E-state index in [1.165, 1.54) is 41.2 Å². The quantitative estimate of drug-likeness (QED) is 0.548. The minimum Gasteiger partial charge on any atom is -0.411 e. The van der Waals surface area contributed by atoms with Gasteiger partial charge in [-0.15, -0.1) is 0 Å². The summed E-state index contributed by atoms with van der Waals surface area (Å²) in [5.74, 6) is 0.554. The molecule has 0 saturated heterocycles. The molecule has 0 radical (unpaired) electrons. The second-order valence-corrected chi connectivity index (χ2v) is 5.38. The van der Waals surface area contributed by atoms with E-state index in [1.54, 1.807) is 0 Å². The summed E-state index contributed by atoms with van der Waals surface area (Å²) in [4.78, 5) is 0. The largest absolute Gasteiger partial charge is 0.411 e. The summed E-state index contributed by atoms with van der Waals surface area (Å²) in [6, 6.07) is 10.8. The van der Waals surface area contributed by atoms with Gasteiger partial charge < -0.3 is 5.21 Å². The van der Waals surface area contributed by atoms with E-state index < -0.39 is 0 Å². The molecule has 90 valence electrons. The molecule has 2 aromatic carbocycles. The van der Waals surface area contributed by atoms with E-state index in [0.29, 0.717) is 5.92 Å². The van der Waals surface area contributed by atoms with E-state index in [0.717, 1.165) is 17.7 Å². The zero-order valence-corrected chi connectivity index (χ0v) is 10.2. The molecular formula is C16H15NO. The van der Waals surface area contributed by atoms with Crippen LogP contribution in [0.5, 0.6) is 0 Å². The van der Waals surface area contributed by atoms with Crippen LogP contribution in [0.2, 0.25) is 0 Å². The number of aryl methyl sites for hydroxylation is 1. The Morgan fingerprint density at radius 2 is 2.11 bits per heavy atom. The molecule has 0 saturated carbocycles. The Labute approximate surface area is 106 Å². The molecule has 2 aliphatic carbocycles. The van der Waals surface area contributed by atoms with Crippen LogP contribution in [0.3, 0.4) is 0 Å². The first-order valence-electron chi connectivity index (χ1n) is 6.64. The Morgan fingerprint density at radius 1 is 1.17 bits per heavy atom. The lowest BCUT2D eigenvalue weighted by molar-refractivity contribution is 0.317. The smallest absolute Gasteiger partial charge is 0.0880 e. The number of oxime groups is 1. The molecular weight excluding hydrogens is 222 g/mol. The first-order chi connectivity index (χ1) is 8.88. The Kier molecular flexibility index (Phi) is 2.01. The van der Waals surface area contributed by atoms with Crippen LogP contribution in [-0.2, 0) is 6.42 Å². The van der Waals surface area contributed by atoms with Gasteiger partial charge in [0, 0.05) is 12.0 Å². The van der Waals surface area contributed by atoms with E-state index >= 15 is 0 Å². The van der Waals surface area contributed by atoms with E-state index in [4.69, 9.17) is 0 Å². The van der Waals surface area contributed by atoms with Crippen LogP contribution in [0.15, 0.2) is 35.5 Å². The van der Waals surface area contributed by atoms with Crippen LogP contribution in [0.1, 0.15) is 41.9 Å². The van der Waals surface area contributed by atoms with Crippen molar-refractivity contribution in [1.29, 1.82) is 0 Å². The molecule has 1 atom stereocenters. The molecule has 0 amide bonds. The third kappa shape index (κ3) is 1.20. The number of hydrogen-bond donors (Lipinski definition) is 1. The fourth-order valence-corrected chi connectivity index (χ4v) is 3.70. The van der Waals surface area contributed by atoms with Crippen molar-refractivity contribution < 1.29 is 5.21 Å². The van der Waals surface area contributed by atoms with E-state index in [-0.39, 0.29) is 0 Å². The summed E-state index contributed by atoms with van der Waals surface area (Å²) in [7, 11) is 0. The highest BCUT2D eigenvalue weighted by Crippen LogP contribution is 2.44. The summed E-state index contributed by atoms with van der Waals surface area (Å²) >= 11 is 0. The van der Waals surface area contributed by atoms with Crippen molar-refractivity contribution in [2.75, 3.05) is 0 Å². The van der Waals surface area contributed by atoms with Gasteiger partial charge in [0.25, 0.3) is 0 Å². The molecule has 2 heteroatoms. The SMILES string of the molecule is ON=C1CC2CCCc3ccc4cccc1c4c32. The zero-order valence-electron chi connectivity index (χ0n) is 10.2. The van der Waals surface area contributed by atoms with Gasteiger partial charge in [-0.25, -0.2) is 0 Å². The third-order valence-electron chi connectivity index (χ3n) is 4.45. The summed E-state index contributed by atoms with van der Waals surface area (Å²) in [6.07, 6.45) is 4.56. The summed E-state index contributed by atoms with van der Waals surface area (Å²) in [6.45, 7) is 0. The third-order valence-corrected chi connectivity index (χ3v) is 4.45. The van der Waals surface area contributed by atoms with Crippen molar-refractivity contribution in [1.82, 2.24) is 0 Å². The van der Waals surface area contributed by atoms with Crippen molar-refractivity contribution in [3.63, 3.8) is 0 Å². The van der Waals surface area contributed by atoms with Crippen molar-refractivity contribution in [2.24, 2.45) is 5.16 Å². The van der Waals surface area contributed by atoms with Crippen LogP contribution in [-0.4, -0.2) is 10.9 Å². The van der Waals surface area contributed by atoms with Crippen LogP contribution in [0.25, 0.3) is 10.8 Å². The maximum atomic E-state index is 9.26. The zero-order chi connectivity index (χ0) is 12.1. The Bertz CT molecular complexity index is 672. The van der Waals surface area contributed by atoms with Gasteiger partial charge in [-0.2, -0.15) is 0 Å². The molecule has 1 unspecified atom stereocenters. The van der Waals surface area contributed by atoms with Crippen molar-refractivity contribution >= 4 is 16.5 Å². The molecule has 0 heterocycles. The lowest BCUT2D eigenvalue weighted by atomic mass is 9.72. The average molecular weight is 237 g/mol. The summed E-state index contributed by atoms with van der Waals surface area (Å²) in [5, 5.41) is 15.4. The topological polar surface area (TPSA) is 32.6 Å². The molecule has 0 aliphatic heterocycles. The van der Waals surface area contributed by atoms with Gasteiger partial charge in [-0.05, 0) is 47.1 Å². The normalized spacial score (nSPS) is 23.6. The fraction of sp³-hybridized carbons (Fsp3) is 0.312. The van der Waals surface area contributed by atoms with Crippen LogP contribution in [0, 0.1) is 0 Å². The highest BCUT2D eigenvalue weighted by atomic mass is 16.4. The maximum Gasteiger partial charge on any atom is 0.0880 e. The predicted octanol–water partition coefficient (Wildman–Crippen LogP) is 3.84. The number of hydrogen-bond acceptors (Lipinski definition) is 2. The first-order valence-corrected chi connectivity index (χ1v) is 6.64. The molecule has 2 aromatic rings. The lowest BCUT2D eigenvalue weighted by Gasteiger charge is -2.32. The average Bonchev–Trinajstić information content (AvgIpc) is 2.44. The van der Waals surface area contributed by atoms with Crippen molar-refractivity contribution in [3.8, 4) is 0 Å². The number of benzene rings is 2. The van der Waals surface area contributed by atoms with Crippen molar-refractivity contribution in [2.45, 2.75) is 31.6 Å². The van der Waals surface area contributed by atoms with E-state index in [1.807, 2.05) is 0 Å². The minimum atomic E-state index is 0.554. The molecule has 4 rings (SSSR count). The predicted molar refractivity (Wildman–Crippen MR) is 72.6 cm³/mol. The highest BCUT2D eigenvalue weighted by molar-refractivity contribution is 6.14. The molecule has 18 heavy (non-hydrogen) atoms. The van der Waals surface area contributed by atoms with Crippen LogP contribution < -0.4 is 0 Å². The highest BCUT2D eigenvalue weighted by Gasteiger charge is 2.30. The molecule has 2 nitrogen and oxygen atoms in total. The summed E-state index contributed by atoms with van der Waals surface area (Å²) in [5.41, 5.74) is 5.02. The molecule has 0 aromatic heterocycles. The van der Waals surface area contributed by atoms with Crippen LogP contribution in [0.4, 0.5) is 0 Å². The van der Waals surface area contributed by atoms with Gasteiger partial charge in [0.05, 0.1) is 5.71 Å². The van der Waals surface area contributed by atoms with Gasteiger partial charge in [0.1, 0.15) is 0 Å². The Balaban J connectivity index is 2.18. The summed E-state index contributed by atoms with van der Waals surface area (Å²) < 4.78 is 0. The Hall–Kier alpha value is -1.83. The van der Waals surface area contributed by atoms with Gasteiger partial charge in [-0.3, -0.25) is 0 Å². The second-order valence-electron chi connectivity index (χ2n) is 5.38. The van der Waals surface area contributed by atoms with Gasteiger partial charge in [0.15, 0.2) is 0 Å². The molecule has 0 fully saturated rings. The number of rotatable bonds is 0. The van der Waals surface area contributed by atoms with E-state index in [2.05, 4.69) is 35.5 Å². The molecule has 1 N–H and O–H groups in total. The molecule has 0 spiro atoms. The first kappa shape index (κ1) is 10.1. The monoisotopic (exact) mass is 237 g/mol. The Morgan fingerprint density at radius 3 is 3.00 bits per heavy atom. The lowest BCUT2D eigenvalue weighted by Crippen LogP contribution is -2.20. The fourth-order valence-electron chi connectivity index (χ4n) is 3.70. The standard InChI is InChI=1S/C16H15NO/c18-17-14-9-12-5-1-3-10-7-8-11-4-2-6-13(14)16(11)15(10)12/h2,4,6-8,12,18H,1,3,5,9H2. The second kappa shape index (κ2) is 3.58. The minimum absolute atomic E-state index is 0.554. The van der Waals surface area contributed by atoms with Gasteiger partial charge in [0.2, 0.25) is 0 Å². The van der Waals surface area contributed by atoms with E-state index in [9.17, 15) is 5.21 Å². The van der Waals surface area contributed by atoms with Crippen LogP contribution >= 0.6 is 0 Å². The van der Waals surface area contributed by atoms with Gasteiger partial charge in [-0.1, -0.05) is 35.5 Å². The van der Waals surface area contributed by atoms with Gasteiger partial charge >= 0.3 is 0 Å². The number of nitrogens with zero attached hydrogens (tertiary/aromatic N) is 1. The van der Waals surface area contributed by atoms with Crippen molar-refractivity contribution in [3.05, 3.63) is 47.0 Å². The molecule has 2 aliphatic rings. The maximum absolute atomic E-state index is 9.26. The molecule has 0 bridgehead atoms.